The van der Waals surface area contributed by atoms with Crippen LogP contribution in [0.2, 0.25) is 5.02 Å². The van der Waals surface area contributed by atoms with Gasteiger partial charge in [-0.2, -0.15) is 0 Å². The van der Waals surface area contributed by atoms with E-state index in [2.05, 4.69) is 5.32 Å². The van der Waals surface area contributed by atoms with Crippen LogP contribution in [0.15, 0.2) is 30.3 Å². The number of carbonyl (C=O) groups excluding carboxylic acids is 2. The third kappa shape index (κ3) is 4.47. The lowest BCUT2D eigenvalue weighted by Gasteiger charge is -2.06. The lowest BCUT2D eigenvalue weighted by atomic mass is 10.3. The Kier molecular flexibility index (Phi) is 5.24. The zero-order chi connectivity index (χ0) is 17.0. The molecule has 0 spiro atoms. The fourth-order valence-corrected chi connectivity index (χ4v) is 2.40. The Morgan fingerprint density at radius 3 is 2.70 bits per heavy atom. The summed E-state index contributed by atoms with van der Waals surface area (Å²) >= 11 is 6.21. The molecule has 0 radical (unpaired) electrons. The highest BCUT2D eigenvalue weighted by Gasteiger charge is 2.17. The molecule has 10 heteroatoms. The number of esters is 1. The van der Waals surface area contributed by atoms with Crippen molar-refractivity contribution < 1.29 is 23.6 Å². The maximum Gasteiger partial charge on any atom is 0.349 e. The third-order valence-electron chi connectivity index (χ3n) is 2.51. The number of benzene rings is 1. The molecule has 0 aliphatic carbocycles. The molecule has 0 atom stereocenters. The zero-order valence-electron chi connectivity index (χ0n) is 11.2. The molecule has 0 unspecified atom stereocenters. The van der Waals surface area contributed by atoms with Crippen molar-refractivity contribution in [2.45, 2.75) is 0 Å². The van der Waals surface area contributed by atoms with E-state index in [4.69, 9.17) is 16.3 Å². The van der Waals surface area contributed by atoms with E-state index in [0.717, 1.165) is 6.07 Å². The molecule has 1 aromatic carbocycles. The monoisotopic (exact) mass is 358 g/mol. The number of anilines is 1. The van der Waals surface area contributed by atoms with Crippen LogP contribution in [0, 0.1) is 15.9 Å². The number of hydrogen-bond donors (Lipinski definition) is 1. The second-order valence-corrected chi connectivity index (χ2v) is 5.62. The molecule has 1 amide bonds. The summed E-state index contributed by atoms with van der Waals surface area (Å²) in [6.45, 7) is -0.598. The fraction of sp³-hybridized carbons (Fsp3) is 0.0769. The van der Waals surface area contributed by atoms with Crippen molar-refractivity contribution in [3.05, 3.63) is 56.2 Å². The molecule has 0 aliphatic heterocycles. The van der Waals surface area contributed by atoms with Crippen molar-refractivity contribution in [3.8, 4) is 0 Å². The van der Waals surface area contributed by atoms with Crippen LogP contribution < -0.4 is 5.32 Å². The van der Waals surface area contributed by atoms with Crippen molar-refractivity contribution >= 4 is 45.5 Å². The first-order chi connectivity index (χ1) is 10.9. The number of nitrogens with one attached hydrogen (secondary N) is 1. The second-order valence-electron chi connectivity index (χ2n) is 4.15. The van der Waals surface area contributed by atoms with Crippen molar-refractivity contribution in [2.75, 3.05) is 11.9 Å². The number of ether oxygens (including phenoxy) is 1. The van der Waals surface area contributed by atoms with Crippen LogP contribution in [-0.4, -0.2) is 23.4 Å². The molecule has 0 bridgehead atoms. The topological polar surface area (TPSA) is 98.5 Å². The summed E-state index contributed by atoms with van der Waals surface area (Å²) in [6.07, 6.45) is 0. The van der Waals surface area contributed by atoms with Gasteiger partial charge in [-0.25, -0.2) is 9.18 Å². The lowest BCUT2D eigenvalue weighted by Crippen LogP contribution is -2.20. The van der Waals surface area contributed by atoms with Gasteiger partial charge in [0, 0.05) is 11.8 Å². The van der Waals surface area contributed by atoms with E-state index >= 15 is 0 Å². The van der Waals surface area contributed by atoms with Gasteiger partial charge in [0.25, 0.3) is 5.91 Å². The van der Waals surface area contributed by atoms with Crippen LogP contribution in [0.4, 0.5) is 15.1 Å². The Labute approximate surface area is 137 Å². The highest BCUT2D eigenvalue weighted by molar-refractivity contribution is 7.17. The van der Waals surface area contributed by atoms with E-state index in [1.807, 2.05) is 0 Å². The molecule has 1 aromatic heterocycles. The minimum absolute atomic E-state index is 0.00864. The van der Waals surface area contributed by atoms with Gasteiger partial charge in [0.05, 0.1) is 9.95 Å². The zero-order valence-corrected chi connectivity index (χ0v) is 12.8. The first-order valence-corrected chi connectivity index (χ1v) is 7.22. The average Bonchev–Trinajstić information content (AvgIpc) is 2.99. The van der Waals surface area contributed by atoms with E-state index in [0.29, 0.717) is 11.3 Å². The summed E-state index contributed by atoms with van der Waals surface area (Å²) in [6, 6.07) is 5.99. The molecule has 0 saturated carbocycles. The van der Waals surface area contributed by atoms with E-state index in [1.54, 1.807) is 0 Å². The standard InChI is InChI=1S/C13H8ClFN2O5S/c14-8-5-7(1-2-9(8)15)16-11(18)6-22-13(19)10-3-4-12(23-10)17(20)21/h1-5H,6H2,(H,16,18). The van der Waals surface area contributed by atoms with Gasteiger partial charge < -0.3 is 10.1 Å². The largest absolute Gasteiger partial charge is 0.451 e. The van der Waals surface area contributed by atoms with Crippen molar-refractivity contribution in [1.29, 1.82) is 0 Å². The molecule has 23 heavy (non-hydrogen) atoms. The third-order valence-corrected chi connectivity index (χ3v) is 3.82. The summed E-state index contributed by atoms with van der Waals surface area (Å²) in [5.41, 5.74) is 0.240. The Bertz CT molecular complexity index is 779. The Morgan fingerprint density at radius 2 is 2.09 bits per heavy atom. The van der Waals surface area contributed by atoms with Crippen molar-refractivity contribution in [3.63, 3.8) is 0 Å². The van der Waals surface area contributed by atoms with Crippen LogP contribution in [0.1, 0.15) is 9.67 Å². The predicted octanol–water partition coefficient (Wildman–Crippen LogP) is 3.24. The van der Waals surface area contributed by atoms with E-state index < -0.39 is 29.2 Å². The number of nitro groups is 1. The van der Waals surface area contributed by atoms with Crippen LogP contribution in [0.5, 0.6) is 0 Å². The maximum atomic E-state index is 13.0. The van der Waals surface area contributed by atoms with Gasteiger partial charge in [0.2, 0.25) is 0 Å². The molecule has 1 N–H and O–H groups in total. The van der Waals surface area contributed by atoms with Gasteiger partial charge >= 0.3 is 11.0 Å². The quantitative estimate of drug-likeness (QED) is 0.502. The van der Waals surface area contributed by atoms with E-state index in [9.17, 15) is 24.1 Å². The van der Waals surface area contributed by atoms with Crippen LogP contribution >= 0.6 is 22.9 Å². The van der Waals surface area contributed by atoms with Crippen LogP contribution in [0.25, 0.3) is 0 Å². The Balaban J connectivity index is 1.89. The molecule has 7 nitrogen and oxygen atoms in total. The van der Waals surface area contributed by atoms with Gasteiger partial charge in [-0.05, 0) is 24.3 Å². The summed E-state index contributed by atoms with van der Waals surface area (Å²) in [5, 5.41) is 12.5. The van der Waals surface area contributed by atoms with Gasteiger partial charge in [0.1, 0.15) is 10.7 Å². The lowest BCUT2D eigenvalue weighted by molar-refractivity contribution is -0.380. The van der Waals surface area contributed by atoms with Crippen LogP contribution in [0.3, 0.4) is 0 Å². The van der Waals surface area contributed by atoms with Gasteiger partial charge in [-0.15, -0.1) is 0 Å². The number of rotatable bonds is 5. The number of nitrogens with zero attached hydrogens (tertiary/aromatic N) is 1. The molecule has 2 rings (SSSR count). The number of hydrogen-bond acceptors (Lipinski definition) is 6. The highest BCUT2D eigenvalue weighted by atomic mass is 35.5. The summed E-state index contributed by atoms with van der Waals surface area (Å²) in [7, 11) is 0. The summed E-state index contributed by atoms with van der Waals surface area (Å²) < 4.78 is 17.7. The van der Waals surface area contributed by atoms with Crippen molar-refractivity contribution in [1.82, 2.24) is 0 Å². The fourth-order valence-electron chi connectivity index (χ4n) is 1.51. The number of amides is 1. The van der Waals surface area contributed by atoms with Crippen LogP contribution in [-0.2, 0) is 9.53 Å². The second kappa shape index (κ2) is 7.16. The molecule has 0 aliphatic rings. The minimum atomic E-state index is -0.851. The summed E-state index contributed by atoms with van der Waals surface area (Å²) in [5.74, 6) is -2.14. The molecule has 1 heterocycles. The van der Waals surface area contributed by atoms with E-state index in [-0.39, 0.29) is 20.6 Å². The average molecular weight is 359 g/mol. The predicted molar refractivity (Wildman–Crippen MR) is 81.3 cm³/mol. The highest BCUT2D eigenvalue weighted by Crippen LogP contribution is 2.24. The number of carbonyl (C=O) groups is 2. The van der Waals surface area contributed by atoms with Crippen molar-refractivity contribution in [2.24, 2.45) is 0 Å². The molecule has 120 valence electrons. The molecular weight excluding hydrogens is 351 g/mol. The Morgan fingerprint density at radius 1 is 1.35 bits per heavy atom. The van der Waals surface area contributed by atoms with E-state index in [1.165, 1.54) is 24.3 Å². The Hall–Kier alpha value is -2.52. The van der Waals surface area contributed by atoms with Gasteiger partial charge in [-0.3, -0.25) is 14.9 Å². The molecule has 0 saturated heterocycles. The number of thiophene rings is 1. The smallest absolute Gasteiger partial charge is 0.349 e. The molecule has 0 fully saturated rings. The molecular formula is C13H8ClFN2O5S. The number of halogens is 2. The summed E-state index contributed by atoms with van der Waals surface area (Å²) in [4.78, 5) is 33.2. The normalized spacial score (nSPS) is 10.2. The SMILES string of the molecule is O=C(COC(=O)c1ccc([N+](=O)[O-])s1)Nc1ccc(F)c(Cl)c1. The first-order valence-electron chi connectivity index (χ1n) is 6.03. The maximum absolute atomic E-state index is 13.0. The first kappa shape index (κ1) is 16.8. The van der Waals surface area contributed by atoms with Gasteiger partial charge in [-0.1, -0.05) is 22.9 Å². The molecule has 2 aromatic rings. The van der Waals surface area contributed by atoms with Gasteiger partial charge in [0.15, 0.2) is 6.61 Å². The minimum Gasteiger partial charge on any atom is -0.451 e.